The molecule has 3 aromatic rings. The van der Waals surface area contributed by atoms with Crippen LogP contribution in [-0.4, -0.2) is 46.4 Å². The van der Waals surface area contributed by atoms with E-state index < -0.39 is 0 Å². The Hall–Kier alpha value is -2.64. The van der Waals surface area contributed by atoms with Crippen LogP contribution in [0.5, 0.6) is 5.75 Å². The first-order valence-corrected chi connectivity index (χ1v) is 9.83. The van der Waals surface area contributed by atoms with Crippen molar-refractivity contribution in [2.24, 2.45) is 0 Å². The van der Waals surface area contributed by atoms with Gasteiger partial charge in [0.25, 0.3) is 5.91 Å². The van der Waals surface area contributed by atoms with Crippen molar-refractivity contribution >= 4 is 21.8 Å². The number of methoxy groups -OCH3 is 1. The van der Waals surface area contributed by atoms with E-state index in [-0.39, 0.29) is 17.7 Å². The number of aromatic amines is 1. The Morgan fingerprint density at radius 2 is 1.96 bits per heavy atom. The molecule has 2 N–H and O–H groups in total. The Labute approximate surface area is 171 Å². The summed E-state index contributed by atoms with van der Waals surface area (Å²) >= 11 is 3.47. The van der Waals surface area contributed by atoms with Crippen molar-refractivity contribution in [1.82, 2.24) is 15.1 Å². The van der Waals surface area contributed by atoms with Gasteiger partial charge < -0.3 is 14.7 Å². The number of phenols is 1. The van der Waals surface area contributed by atoms with E-state index in [1.807, 2.05) is 41.3 Å². The third-order valence-corrected chi connectivity index (χ3v) is 5.48. The molecule has 1 aliphatic heterocycles. The highest BCUT2D eigenvalue weighted by Gasteiger charge is 2.42. The van der Waals surface area contributed by atoms with Gasteiger partial charge in [-0.05, 0) is 36.2 Å². The predicted octanol–water partition coefficient (Wildman–Crippen LogP) is 4.13. The number of ether oxygens (including phenoxy) is 1. The lowest BCUT2D eigenvalue weighted by molar-refractivity contribution is 0.0723. The Bertz CT molecular complexity index is 1000. The van der Waals surface area contributed by atoms with Gasteiger partial charge in [0.15, 0.2) is 0 Å². The molecule has 0 radical (unpaired) electrons. The largest absolute Gasteiger partial charge is 0.507 e. The fourth-order valence-electron chi connectivity index (χ4n) is 3.68. The van der Waals surface area contributed by atoms with Gasteiger partial charge in [-0.25, -0.2) is 0 Å². The lowest BCUT2D eigenvalue weighted by atomic mass is 9.96. The molecule has 2 heterocycles. The number of nitrogens with zero attached hydrogens (tertiary/aromatic N) is 2. The fourth-order valence-corrected chi connectivity index (χ4v) is 3.94. The SMILES string of the molecule is COCCCN1C(=O)c2[nH]nc(-c3ccccc3O)c2[C@H]1c1ccc(Br)cc1. The van der Waals surface area contributed by atoms with Gasteiger partial charge in [-0.1, -0.05) is 40.2 Å². The smallest absolute Gasteiger partial charge is 0.273 e. The Morgan fingerprint density at radius 3 is 2.68 bits per heavy atom. The van der Waals surface area contributed by atoms with E-state index in [4.69, 9.17) is 4.74 Å². The lowest BCUT2D eigenvalue weighted by Crippen LogP contribution is -2.31. The quantitative estimate of drug-likeness (QED) is 0.563. The summed E-state index contributed by atoms with van der Waals surface area (Å²) in [5, 5.41) is 17.6. The molecule has 4 rings (SSSR count). The van der Waals surface area contributed by atoms with Crippen molar-refractivity contribution in [2.45, 2.75) is 12.5 Å². The molecule has 0 bridgehead atoms. The zero-order chi connectivity index (χ0) is 19.7. The highest BCUT2D eigenvalue weighted by atomic mass is 79.9. The van der Waals surface area contributed by atoms with Crippen LogP contribution in [0.4, 0.5) is 0 Å². The predicted molar refractivity (Wildman–Crippen MR) is 109 cm³/mol. The number of carbonyl (C=O) groups excluding carboxylic acids is 1. The number of aromatic nitrogens is 2. The third-order valence-electron chi connectivity index (χ3n) is 4.96. The van der Waals surface area contributed by atoms with Crippen LogP contribution >= 0.6 is 15.9 Å². The number of benzene rings is 2. The standard InChI is InChI=1S/C21H20BrN3O3/c1-28-12-4-11-25-20(13-7-9-14(22)10-8-13)17-18(23-24-19(17)21(25)27)15-5-2-3-6-16(15)26/h2-3,5-10,20,26H,4,11-12H2,1H3,(H,23,24)/t20-/m1/s1. The molecule has 0 spiro atoms. The summed E-state index contributed by atoms with van der Waals surface area (Å²) in [6, 6.07) is 14.7. The molecule has 0 aliphatic carbocycles. The van der Waals surface area contributed by atoms with E-state index in [0.717, 1.165) is 22.0 Å². The molecule has 0 fully saturated rings. The van der Waals surface area contributed by atoms with Crippen LogP contribution in [0, 0.1) is 0 Å². The van der Waals surface area contributed by atoms with Crippen molar-refractivity contribution in [2.75, 3.05) is 20.3 Å². The minimum Gasteiger partial charge on any atom is -0.507 e. The Balaban J connectivity index is 1.83. The summed E-state index contributed by atoms with van der Waals surface area (Å²) in [5.41, 5.74) is 3.47. The topological polar surface area (TPSA) is 78.5 Å². The summed E-state index contributed by atoms with van der Waals surface area (Å²) in [4.78, 5) is 15.0. The summed E-state index contributed by atoms with van der Waals surface area (Å²) < 4.78 is 6.14. The van der Waals surface area contributed by atoms with Gasteiger partial charge in [0.2, 0.25) is 0 Å². The highest BCUT2D eigenvalue weighted by Crippen LogP contribution is 2.44. The Morgan fingerprint density at radius 1 is 1.21 bits per heavy atom. The number of halogens is 1. The number of fused-ring (bicyclic) bond motifs is 1. The van der Waals surface area contributed by atoms with Crippen molar-refractivity contribution in [3.8, 4) is 17.0 Å². The molecular formula is C21H20BrN3O3. The van der Waals surface area contributed by atoms with Crippen LogP contribution in [-0.2, 0) is 4.74 Å². The van der Waals surface area contributed by atoms with E-state index >= 15 is 0 Å². The monoisotopic (exact) mass is 441 g/mol. The van der Waals surface area contributed by atoms with Gasteiger partial charge in [-0.15, -0.1) is 0 Å². The molecule has 1 aliphatic rings. The first-order valence-electron chi connectivity index (χ1n) is 9.03. The van der Waals surface area contributed by atoms with Gasteiger partial charge in [-0.2, -0.15) is 5.10 Å². The Kier molecular flexibility index (Phi) is 5.19. The molecule has 28 heavy (non-hydrogen) atoms. The summed E-state index contributed by atoms with van der Waals surface area (Å²) in [7, 11) is 1.65. The molecule has 6 nitrogen and oxygen atoms in total. The molecule has 0 saturated heterocycles. The van der Waals surface area contributed by atoms with Crippen LogP contribution in [0.1, 0.15) is 34.1 Å². The van der Waals surface area contributed by atoms with Gasteiger partial charge in [0.1, 0.15) is 17.1 Å². The molecule has 1 amide bonds. The van der Waals surface area contributed by atoms with Crippen molar-refractivity contribution in [3.05, 3.63) is 69.8 Å². The maximum absolute atomic E-state index is 13.1. The normalized spacial score (nSPS) is 15.9. The number of phenolic OH excluding ortho intramolecular Hbond substituents is 1. The van der Waals surface area contributed by atoms with Crippen LogP contribution in [0.2, 0.25) is 0 Å². The first-order chi connectivity index (χ1) is 13.6. The second kappa shape index (κ2) is 7.77. The zero-order valence-corrected chi connectivity index (χ0v) is 16.9. The molecule has 1 atom stereocenters. The van der Waals surface area contributed by atoms with Crippen molar-refractivity contribution in [3.63, 3.8) is 0 Å². The lowest BCUT2D eigenvalue weighted by Gasteiger charge is -2.26. The summed E-state index contributed by atoms with van der Waals surface area (Å²) in [6.45, 7) is 1.14. The van der Waals surface area contributed by atoms with Crippen LogP contribution < -0.4 is 0 Å². The van der Waals surface area contributed by atoms with Gasteiger partial charge >= 0.3 is 0 Å². The molecule has 2 aromatic carbocycles. The maximum Gasteiger partial charge on any atom is 0.273 e. The van der Waals surface area contributed by atoms with Crippen LogP contribution in [0.3, 0.4) is 0 Å². The number of amides is 1. The van der Waals surface area contributed by atoms with Crippen molar-refractivity contribution < 1.29 is 14.6 Å². The minimum atomic E-state index is -0.277. The molecular weight excluding hydrogens is 422 g/mol. The van der Waals surface area contributed by atoms with E-state index in [0.29, 0.717) is 30.1 Å². The summed E-state index contributed by atoms with van der Waals surface area (Å²) in [5.74, 6) is 0.0461. The number of hydrogen-bond acceptors (Lipinski definition) is 4. The second-order valence-electron chi connectivity index (χ2n) is 6.68. The first kappa shape index (κ1) is 18.7. The maximum atomic E-state index is 13.1. The third kappa shape index (κ3) is 3.21. The number of rotatable bonds is 6. The number of para-hydroxylation sites is 1. The van der Waals surface area contributed by atoms with E-state index in [2.05, 4.69) is 26.1 Å². The minimum absolute atomic E-state index is 0.0896. The van der Waals surface area contributed by atoms with E-state index in [1.165, 1.54) is 0 Å². The number of nitrogens with one attached hydrogen (secondary N) is 1. The average molecular weight is 442 g/mol. The van der Waals surface area contributed by atoms with E-state index in [1.54, 1.807) is 19.2 Å². The van der Waals surface area contributed by atoms with Gasteiger partial charge in [0, 0.05) is 35.9 Å². The van der Waals surface area contributed by atoms with E-state index in [9.17, 15) is 9.90 Å². The van der Waals surface area contributed by atoms with Crippen LogP contribution in [0.25, 0.3) is 11.3 Å². The zero-order valence-electron chi connectivity index (χ0n) is 15.4. The number of carbonyl (C=O) groups is 1. The van der Waals surface area contributed by atoms with Gasteiger partial charge in [-0.3, -0.25) is 9.89 Å². The number of hydrogen-bond donors (Lipinski definition) is 2. The molecule has 0 unspecified atom stereocenters. The molecule has 144 valence electrons. The van der Waals surface area contributed by atoms with Crippen molar-refractivity contribution in [1.29, 1.82) is 0 Å². The molecule has 7 heteroatoms. The summed E-state index contributed by atoms with van der Waals surface area (Å²) in [6.07, 6.45) is 0.735. The second-order valence-corrected chi connectivity index (χ2v) is 7.59. The molecule has 1 aromatic heterocycles. The fraction of sp³-hybridized carbons (Fsp3) is 0.238. The van der Waals surface area contributed by atoms with Gasteiger partial charge in [0.05, 0.1) is 6.04 Å². The highest BCUT2D eigenvalue weighted by molar-refractivity contribution is 9.10. The van der Waals surface area contributed by atoms with Crippen LogP contribution in [0.15, 0.2) is 53.0 Å². The number of H-pyrrole nitrogens is 1. The average Bonchev–Trinajstić information content (AvgIpc) is 3.23. The number of aromatic hydroxyl groups is 1. The molecule has 0 saturated carbocycles.